The first-order valence-corrected chi connectivity index (χ1v) is 12.2. The van der Waals surface area contributed by atoms with Crippen LogP contribution in [0.25, 0.3) is 10.9 Å². The van der Waals surface area contributed by atoms with Gasteiger partial charge in [-0.3, -0.25) is 18.7 Å². The fourth-order valence-electron chi connectivity index (χ4n) is 4.27. The lowest BCUT2D eigenvalue weighted by Crippen LogP contribution is -2.41. The topological polar surface area (TPSA) is 107 Å². The van der Waals surface area contributed by atoms with Gasteiger partial charge in [-0.1, -0.05) is 25.0 Å². The Bertz CT molecular complexity index is 1380. The number of fused-ring (bicyclic) bond motifs is 1. The van der Waals surface area contributed by atoms with Crippen molar-refractivity contribution in [2.45, 2.75) is 55.8 Å². The van der Waals surface area contributed by atoms with E-state index in [0.717, 1.165) is 17.4 Å². The summed E-state index contributed by atoms with van der Waals surface area (Å²) in [5.74, 6) is -0.454. The van der Waals surface area contributed by atoms with Crippen LogP contribution in [-0.4, -0.2) is 28.7 Å². The summed E-state index contributed by atoms with van der Waals surface area (Å²) in [5.41, 5.74) is -0.116. The lowest BCUT2D eigenvalue weighted by Gasteiger charge is -2.14. The lowest BCUT2D eigenvalue weighted by molar-refractivity contribution is -0.116. The second kappa shape index (κ2) is 8.74. The zero-order chi connectivity index (χ0) is 22.9. The summed E-state index contributed by atoms with van der Waals surface area (Å²) in [6.45, 7) is 1.62. The molecule has 9 heteroatoms. The van der Waals surface area contributed by atoms with Crippen LogP contribution in [0.4, 0.5) is 5.69 Å². The fraction of sp³-hybridized carbons (Fsp3) is 0.348. The van der Waals surface area contributed by atoms with Gasteiger partial charge >= 0.3 is 5.69 Å². The van der Waals surface area contributed by atoms with Gasteiger partial charge in [-0.25, -0.2) is 13.2 Å². The van der Waals surface area contributed by atoms with E-state index in [9.17, 15) is 22.8 Å². The molecule has 0 atom stereocenters. The Balaban J connectivity index is 1.57. The first kappa shape index (κ1) is 22.0. The van der Waals surface area contributed by atoms with Gasteiger partial charge in [0.1, 0.15) is 6.54 Å². The van der Waals surface area contributed by atoms with Crippen molar-refractivity contribution in [1.82, 2.24) is 9.13 Å². The molecule has 4 rings (SSSR count). The number of amides is 1. The molecule has 1 aromatic heterocycles. The summed E-state index contributed by atoms with van der Waals surface area (Å²) in [7, 11) is -3.36. The Hall–Kier alpha value is -3.20. The molecule has 1 aliphatic rings. The van der Waals surface area contributed by atoms with E-state index >= 15 is 0 Å². The van der Waals surface area contributed by atoms with Gasteiger partial charge < -0.3 is 5.32 Å². The van der Waals surface area contributed by atoms with E-state index in [1.165, 1.54) is 16.7 Å². The molecule has 0 radical (unpaired) electrons. The van der Waals surface area contributed by atoms with Gasteiger partial charge in [-0.2, -0.15) is 0 Å². The van der Waals surface area contributed by atoms with E-state index in [4.69, 9.17) is 0 Å². The number of rotatable bonds is 6. The van der Waals surface area contributed by atoms with Crippen LogP contribution in [0.15, 0.2) is 63.0 Å². The molecule has 8 nitrogen and oxygen atoms in total. The van der Waals surface area contributed by atoms with Crippen molar-refractivity contribution < 1.29 is 13.2 Å². The number of nitrogens with zero attached hydrogens (tertiary/aromatic N) is 2. The molecule has 32 heavy (non-hydrogen) atoms. The molecular formula is C23H25N3O5S. The summed E-state index contributed by atoms with van der Waals surface area (Å²) in [6, 6.07) is 12.8. The molecule has 1 heterocycles. The van der Waals surface area contributed by atoms with Crippen LogP contribution in [0, 0.1) is 0 Å². The number of benzene rings is 2. The molecule has 1 amide bonds. The summed E-state index contributed by atoms with van der Waals surface area (Å²) in [4.78, 5) is 38.2. The maximum atomic E-state index is 12.8. The Morgan fingerprint density at radius 1 is 1.00 bits per heavy atom. The number of carbonyl (C=O) groups excluding carboxylic acids is 1. The average Bonchev–Trinajstić information content (AvgIpc) is 3.33. The van der Waals surface area contributed by atoms with Gasteiger partial charge in [-0.15, -0.1) is 0 Å². The molecule has 1 N–H and O–H groups in total. The molecule has 0 saturated heterocycles. The standard InChI is InChI=1S/C23H25N3O5S/c1-2-25-22(28)19-9-5-6-10-20(19)26(23(25)29)15-21(27)24-16-11-13-18(14-12-16)32(30,31)17-7-3-4-8-17/h5-6,9-14,17H,2-4,7-8,15H2,1H3,(H,24,27). The van der Waals surface area contributed by atoms with Crippen LogP contribution in [0.3, 0.4) is 0 Å². The number of para-hydroxylation sites is 1. The molecular weight excluding hydrogens is 430 g/mol. The number of hydrogen-bond donors (Lipinski definition) is 1. The first-order valence-electron chi connectivity index (χ1n) is 10.7. The zero-order valence-corrected chi connectivity index (χ0v) is 18.6. The highest BCUT2D eigenvalue weighted by Crippen LogP contribution is 2.30. The molecule has 168 valence electrons. The average molecular weight is 456 g/mol. The number of hydrogen-bond acceptors (Lipinski definition) is 5. The van der Waals surface area contributed by atoms with Crippen LogP contribution in [0.5, 0.6) is 0 Å². The predicted molar refractivity (Wildman–Crippen MR) is 123 cm³/mol. The van der Waals surface area contributed by atoms with Crippen molar-refractivity contribution in [1.29, 1.82) is 0 Å². The van der Waals surface area contributed by atoms with Crippen molar-refractivity contribution >= 4 is 32.3 Å². The highest BCUT2D eigenvalue weighted by Gasteiger charge is 2.30. The maximum absolute atomic E-state index is 12.8. The van der Waals surface area contributed by atoms with Crippen molar-refractivity contribution in [3.8, 4) is 0 Å². The van der Waals surface area contributed by atoms with Crippen molar-refractivity contribution in [2.24, 2.45) is 0 Å². The number of sulfone groups is 1. The second-order valence-corrected chi connectivity index (χ2v) is 10.2. The third kappa shape index (κ3) is 4.00. The van der Waals surface area contributed by atoms with Crippen LogP contribution < -0.4 is 16.6 Å². The predicted octanol–water partition coefficient (Wildman–Crippen LogP) is 2.54. The minimum Gasteiger partial charge on any atom is -0.325 e. The minimum absolute atomic E-state index is 0.195. The molecule has 1 saturated carbocycles. The first-order chi connectivity index (χ1) is 15.3. The van der Waals surface area contributed by atoms with Crippen LogP contribution in [-0.2, 0) is 27.7 Å². The summed E-state index contributed by atoms with van der Waals surface area (Å²) in [6.07, 6.45) is 3.22. The SMILES string of the molecule is CCn1c(=O)c2ccccc2n(CC(=O)Nc2ccc(S(=O)(=O)C3CCCC3)cc2)c1=O. The fourth-order valence-corrected chi connectivity index (χ4v) is 6.12. The van der Waals surface area contributed by atoms with E-state index in [0.29, 0.717) is 29.4 Å². The normalized spacial score (nSPS) is 14.7. The lowest BCUT2D eigenvalue weighted by atomic mass is 10.2. The third-order valence-corrected chi connectivity index (χ3v) is 8.24. The smallest absolute Gasteiger partial charge is 0.325 e. The van der Waals surface area contributed by atoms with Crippen molar-refractivity contribution in [3.63, 3.8) is 0 Å². The largest absolute Gasteiger partial charge is 0.331 e. The quantitative estimate of drug-likeness (QED) is 0.615. The number of carbonyl (C=O) groups is 1. The van der Waals surface area contributed by atoms with E-state index in [1.807, 2.05) is 0 Å². The van der Waals surface area contributed by atoms with E-state index in [2.05, 4.69) is 5.32 Å². The maximum Gasteiger partial charge on any atom is 0.331 e. The van der Waals surface area contributed by atoms with Crippen LogP contribution >= 0.6 is 0 Å². The van der Waals surface area contributed by atoms with E-state index in [-0.39, 0.29) is 28.8 Å². The Kier molecular flexibility index (Phi) is 6.01. The van der Waals surface area contributed by atoms with Gasteiger partial charge in [0, 0.05) is 12.2 Å². The van der Waals surface area contributed by atoms with Gasteiger partial charge in [-0.05, 0) is 56.2 Å². The highest BCUT2D eigenvalue weighted by atomic mass is 32.2. The molecule has 1 aliphatic carbocycles. The minimum atomic E-state index is -3.36. The Morgan fingerprint density at radius 3 is 2.31 bits per heavy atom. The molecule has 3 aromatic rings. The second-order valence-electron chi connectivity index (χ2n) is 7.96. The van der Waals surface area contributed by atoms with Crippen LogP contribution in [0.2, 0.25) is 0 Å². The van der Waals surface area contributed by atoms with E-state index in [1.54, 1.807) is 43.3 Å². The molecule has 2 aromatic carbocycles. The summed E-state index contributed by atoms with van der Waals surface area (Å²) in [5, 5.41) is 2.73. The zero-order valence-electron chi connectivity index (χ0n) is 17.8. The van der Waals surface area contributed by atoms with Gasteiger partial charge in [0.15, 0.2) is 9.84 Å². The van der Waals surface area contributed by atoms with Crippen molar-refractivity contribution in [3.05, 3.63) is 69.4 Å². The molecule has 0 spiro atoms. The van der Waals surface area contributed by atoms with Gasteiger partial charge in [0.25, 0.3) is 5.56 Å². The summed E-state index contributed by atoms with van der Waals surface area (Å²) < 4.78 is 27.8. The third-order valence-electron chi connectivity index (χ3n) is 5.96. The molecule has 1 fully saturated rings. The van der Waals surface area contributed by atoms with Gasteiger partial charge in [0.2, 0.25) is 5.91 Å². The Morgan fingerprint density at radius 2 is 1.66 bits per heavy atom. The molecule has 0 aliphatic heterocycles. The monoisotopic (exact) mass is 455 g/mol. The van der Waals surface area contributed by atoms with Crippen LogP contribution in [0.1, 0.15) is 32.6 Å². The van der Waals surface area contributed by atoms with E-state index < -0.39 is 21.4 Å². The number of anilines is 1. The number of aromatic nitrogens is 2. The summed E-state index contributed by atoms with van der Waals surface area (Å²) >= 11 is 0. The number of nitrogens with one attached hydrogen (secondary N) is 1. The highest BCUT2D eigenvalue weighted by molar-refractivity contribution is 7.92. The molecule has 0 bridgehead atoms. The van der Waals surface area contributed by atoms with Gasteiger partial charge in [0.05, 0.1) is 21.0 Å². The van der Waals surface area contributed by atoms with Crippen molar-refractivity contribution in [2.75, 3.05) is 5.32 Å². The molecule has 0 unspecified atom stereocenters. The Labute approximate surface area is 185 Å².